The van der Waals surface area contributed by atoms with Crippen LogP contribution in [0.2, 0.25) is 5.15 Å². The van der Waals surface area contributed by atoms with Crippen LogP contribution in [0.3, 0.4) is 0 Å². The maximum Gasteiger partial charge on any atom is 0.261 e. The van der Waals surface area contributed by atoms with Crippen LogP contribution >= 0.6 is 11.6 Å². The zero-order valence-corrected chi connectivity index (χ0v) is 14.6. The van der Waals surface area contributed by atoms with Crippen molar-refractivity contribution in [3.05, 3.63) is 77.6 Å². The topological polar surface area (TPSA) is 73.9 Å². The van der Waals surface area contributed by atoms with Gasteiger partial charge in [-0.15, -0.1) is 0 Å². The third kappa shape index (κ3) is 3.93. The molecule has 4 aromatic rings. The average Bonchev–Trinajstić information content (AvgIpc) is 3.19. The molecule has 0 aliphatic carbocycles. The lowest BCUT2D eigenvalue weighted by atomic mass is 10.2. The number of hydrogen-bond donors (Lipinski definition) is 0. The molecule has 3 aromatic heterocycles. The Bertz CT molecular complexity index is 1070. The van der Waals surface area contributed by atoms with Crippen molar-refractivity contribution in [3.8, 4) is 28.6 Å². The van der Waals surface area contributed by atoms with Gasteiger partial charge in [-0.1, -0.05) is 35.0 Å². The molecule has 0 spiro atoms. The Balaban J connectivity index is 1.56. The van der Waals surface area contributed by atoms with Crippen LogP contribution in [0.25, 0.3) is 22.8 Å². The summed E-state index contributed by atoms with van der Waals surface area (Å²) in [4.78, 5) is 12.0. The monoisotopic (exact) mass is 382 g/mol. The van der Waals surface area contributed by atoms with E-state index in [1.807, 2.05) is 24.3 Å². The molecule has 134 valence electrons. The van der Waals surface area contributed by atoms with Crippen molar-refractivity contribution in [3.63, 3.8) is 0 Å². The molecule has 27 heavy (non-hydrogen) atoms. The number of ether oxygens (including phenoxy) is 1. The molecule has 0 aliphatic rings. The van der Waals surface area contributed by atoms with Crippen molar-refractivity contribution in [2.24, 2.45) is 0 Å². The van der Waals surface area contributed by atoms with E-state index in [1.165, 1.54) is 6.07 Å². The molecule has 0 amide bonds. The molecule has 3 heterocycles. The summed E-state index contributed by atoms with van der Waals surface area (Å²) in [6.07, 6.45) is 4.45. The van der Waals surface area contributed by atoms with Gasteiger partial charge in [-0.05, 0) is 24.3 Å². The van der Waals surface area contributed by atoms with E-state index in [2.05, 4.69) is 20.1 Å². The molecule has 0 unspecified atom stereocenters. The molecule has 0 saturated heterocycles. The summed E-state index contributed by atoms with van der Waals surface area (Å²) in [6, 6.07) is 12.3. The van der Waals surface area contributed by atoms with Gasteiger partial charge in [0, 0.05) is 23.5 Å². The highest BCUT2D eigenvalue weighted by Crippen LogP contribution is 2.27. The Morgan fingerprint density at radius 3 is 2.89 bits per heavy atom. The van der Waals surface area contributed by atoms with Crippen molar-refractivity contribution < 1.29 is 13.7 Å². The Hall–Kier alpha value is -3.32. The highest BCUT2D eigenvalue weighted by molar-refractivity contribution is 6.29. The van der Waals surface area contributed by atoms with Gasteiger partial charge in [-0.25, -0.2) is 9.37 Å². The van der Waals surface area contributed by atoms with Gasteiger partial charge in [0.05, 0.1) is 11.8 Å². The first-order valence-electron chi connectivity index (χ1n) is 7.96. The van der Waals surface area contributed by atoms with E-state index in [4.69, 9.17) is 20.9 Å². The van der Waals surface area contributed by atoms with Crippen molar-refractivity contribution in [1.29, 1.82) is 0 Å². The summed E-state index contributed by atoms with van der Waals surface area (Å²) < 4.78 is 24.9. The largest absolute Gasteiger partial charge is 0.489 e. The molecule has 6 nitrogen and oxygen atoms in total. The second kappa shape index (κ2) is 7.51. The number of rotatable bonds is 5. The van der Waals surface area contributed by atoms with E-state index < -0.39 is 5.82 Å². The molecule has 0 radical (unpaired) electrons. The van der Waals surface area contributed by atoms with E-state index in [1.54, 1.807) is 24.5 Å². The van der Waals surface area contributed by atoms with Crippen LogP contribution in [0.5, 0.6) is 5.75 Å². The van der Waals surface area contributed by atoms with Crippen molar-refractivity contribution in [2.45, 2.75) is 6.61 Å². The van der Waals surface area contributed by atoms with E-state index in [0.29, 0.717) is 23.7 Å². The summed E-state index contributed by atoms with van der Waals surface area (Å²) in [7, 11) is 0. The lowest BCUT2D eigenvalue weighted by Gasteiger charge is -2.06. The second-order valence-corrected chi connectivity index (χ2v) is 5.98. The molecule has 0 bridgehead atoms. The predicted octanol–water partition coefficient (Wildman–Crippen LogP) is 4.57. The second-order valence-electron chi connectivity index (χ2n) is 5.59. The van der Waals surface area contributed by atoms with Crippen LogP contribution in [0.4, 0.5) is 4.39 Å². The number of halogens is 2. The van der Waals surface area contributed by atoms with Crippen molar-refractivity contribution in [1.82, 2.24) is 20.1 Å². The lowest BCUT2D eigenvalue weighted by molar-refractivity contribution is 0.306. The quantitative estimate of drug-likeness (QED) is 0.471. The standard InChI is InChI=1S/C19H12ClFN4O2/c20-17-8-15(16(21)10-23-17)19-24-18(25-27-19)13-4-1-5-14(7-13)26-11-12-3-2-6-22-9-12/h1-10H,11H2. The molecule has 8 heteroatoms. The molecule has 0 atom stereocenters. The summed E-state index contributed by atoms with van der Waals surface area (Å²) >= 11 is 5.81. The normalized spacial score (nSPS) is 10.7. The third-order valence-electron chi connectivity index (χ3n) is 3.70. The fourth-order valence-electron chi connectivity index (χ4n) is 2.40. The Morgan fingerprint density at radius 1 is 1.11 bits per heavy atom. The van der Waals surface area contributed by atoms with E-state index in [-0.39, 0.29) is 16.6 Å². The van der Waals surface area contributed by atoms with Gasteiger partial charge in [0.1, 0.15) is 17.5 Å². The van der Waals surface area contributed by atoms with Crippen molar-refractivity contribution in [2.75, 3.05) is 0 Å². The van der Waals surface area contributed by atoms with Crippen LogP contribution in [0.15, 0.2) is 65.6 Å². The SMILES string of the molecule is Fc1cnc(Cl)cc1-c1nc(-c2cccc(OCc3cccnc3)c2)no1. The highest BCUT2D eigenvalue weighted by atomic mass is 35.5. The zero-order valence-electron chi connectivity index (χ0n) is 13.8. The summed E-state index contributed by atoms with van der Waals surface area (Å²) in [5.74, 6) is 0.377. The molecule has 0 fully saturated rings. The smallest absolute Gasteiger partial charge is 0.261 e. The maximum atomic E-state index is 13.9. The first kappa shape index (κ1) is 17.1. The number of hydrogen-bond acceptors (Lipinski definition) is 6. The highest BCUT2D eigenvalue weighted by Gasteiger charge is 2.16. The molecule has 0 aliphatic heterocycles. The predicted molar refractivity (Wildman–Crippen MR) is 96.5 cm³/mol. The summed E-state index contributed by atoms with van der Waals surface area (Å²) in [5, 5.41) is 4.05. The first-order valence-corrected chi connectivity index (χ1v) is 8.34. The zero-order chi connectivity index (χ0) is 18.6. The lowest BCUT2D eigenvalue weighted by Crippen LogP contribution is -1.96. The molecule has 1 aromatic carbocycles. The molecule has 0 saturated carbocycles. The van der Waals surface area contributed by atoms with Gasteiger partial charge in [0.25, 0.3) is 5.89 Å². The van der Waals surface area contributed by atoms with Gasteiger partial charge in [-0.2, -0.15) is 4.98 Å². The van der Waals surface area contributed by atoms with Crippen LogP contribution in [-0.2, 0) is 6.61 Å². The maximum absolute atomic E-state index is 13.9. The first-order chi connectivity index (χ1) is 13.2. The Morgan fingerprint density at radius 2 is 2.04 bits per heavy atom. The van der Waals surface area contributed by atoms with E-state index in [9.17, 15) is 4.39 Å². The number of nitrogens with zero attached hydrogens (tertiary/aromatic N) is 4. The van der Waals surface area contributed by atoms with Gasteiger partial charge in [-0.3, -0.25) is 4.98 Å². The molecule has 4 rings (SSSR count). The van der Waals surface area contributed by atoms with E-state index in [0.717, 1.165) is 11.8 Å². The average molecular weight is 383 g/mol. The third-order valence-corrected chi connectivity index (χ3v) is 3.91. The minimum absolute atomic E-state index is 0.0217. The van der Waals surface area contributed by atoms with E-state index >= 15 is 0 Å². The Labute approximate surface area is 158 Å². The van der Waals surface area contributed by atoms with Gasteiger partial charge >= 0.3 is 0 Å². The fraction of sp³-hybridized carbons (Fsp3) is 0.0526. The summed E-state index contributed by atoms with van der Waals surface area (Å²) in [6.45, 7) is 0.384. The molecule has 0 N–H and O–H groups in total. The minimum atomic E-state index is -0.594. The summed E-state index contributed by atoms with van der Waals surface area (Å²) in [5.41, 5.74) is 1.72. The van der Waals surface area contributed by atoms with Gasteiger partial charge in [0.2, 0.25) is 5.82 Å². The number of benzene rings is 1. The van der Waals surface area contributed by atoms with Crippen LogP contribution in [0, 0.1) is 5.82 Å². The molecular formula is C19H12ClFN4O2. The van der Waals surface area contributed by atoms with Crippen LogP contribution in [0.1, 0.15) is 5.56 Å². The van der Waals surface area contributed by atoms with Gasteiger partial charge in [0.15, 0.2) is 5.82 Å². The van der Waals surface area contributed by atoms with Crippen molar-refractivity contribution >= 4 is 11.6 Å². The fourth-order valence-corrected chi connectivity index (χ4v) is 2.56. The Kier molecular flexibility index (Phi) is 4.76. The number of pyridine rings is 2. The van der Waals surface area contributed by atoms with Crippen LogP contribution in [-0.4, -0.2) is 20.1 Å². The minimum Gasteiger partial charge on any atom is -0.489 e. The molecular weight excluding hydrogens is 371 g/mol. The van der Waals surface area contributed by atoms with Gasteiger partial charge < -0.3 is 9.26 Å². The van der Waals surface area contributed by atoms with Crippen LogP contribution < -0.4 is 4.74 Å². The number of aromatic nitrogens is 4.